The molecule has 1 fully saturated rings. The molecule has 202 valence electrons. The molecule has 4 aromatic rings. The van der Waals surface area contributed by atoms with Crippen molar-refractivity contribution >= 4 is 22.6 Å². The van der Waals surface area contributed by atoms with Crippen molar-refractivity contribution in [2.24, 2.45) is 7.05 Å². The highest BCUT2D eigenvalue weighted by atomic mass is 16.3. The number of fused-ring (bicyclic) bond motifs is 2. The highest BCUT2D eigenvalue weighted by molar-refractivity contribution is 5.90. The number of nitrogens with one attached hydrogen (secondary N) is 1. The van der Waals surface area contributed by atoms with E-state index >= 15 is 0 Å². The number of aromatic nitrogens is 4. The predicted molar refractivity (Wildman–Crippen MR) is 151 cm³/mol. The molecule has 2 aromatic carbocycles. The van der Waals surface area contributed by atoms with Crippen LogP contribution in [-0.4, -0.2) is 60.5 Å². The lowest BCUT2D eigenvalue weighted by Gasteiger charge is -2.38. The highest BCUT2D eigenvalue weighted by Gasteiger charge is 2.35. The number of anilines is 1. The summed E-state index contributed by atoms with van der Waals surface area (Å²) < 4.78 is 3.16. The summed E-state index contributed by atoms with van der Waals surface area (Å²) in [6.07, 6.45) is 3.76. The van der Waals surface area contributed by atoms with Crippen LogP contribution in [0.1, 0.15) is 43.2 Å². The fraction of sp³-hybridized carbons (Fsp3) is 0.400. The Morgan fingerprint density at radius 3 is 2.67 bits per heavy atom. The minimum absolute atomic E-state index is 0.0939. The van der Waals surface area contributed by atoms with Crippen molar-refractivity contribution in [3.63, 3.8) is 0 Å². The molecule has 9 nitrogen and oxygen atoms in total. The summed E-state index contributed by atoms with van der Waals surface area (Å²) in [5.74, 6) is 0.226. The number of rotatable bonds is 6. The zero-order chi connectivity index (χ0) is 27.1. The van der Waals surface area contributed by atoms with Crippen molar-refractivity contribution in [1.29, 1.82) is 0 Å². The van der Waals surface area contributed by atoms with Gasteiger partial charge < -0.3 is 15.3 Å². The first-order valence-corrected chi connectivity index (χ1v) is 13.7. The Morgan fingerprint density at radius 2 is 1.90 bits per heavy atom. The monoisotopic (exact) mass is 526 g/mol. The van der Waals surface area contributed by atoms with Crippen molar-refractivity contribution in [2.75, 3.05) is 25.0 Å². The topological polar surface area (TPSA) is 105 Å². The van der Waals surface area contributed by atoms with Gasteiger partial charge in [0.15, 0.2) is 5.52 Å². The molecule has 0 bridgehead atoms. The molecule has 1 saturated heterocycles. The van der Waals surface area contributed by atoms with Crippen molar-refractivity contribution < 1.29 is 9.90 Å². The molecule has 2 aliphatic heterocycles. The molecule has 2 N–H and O–H groups in total. The molecule has 1 amide bonds. The number of amides is 1. The van der Waals surface area contributed by atoms with E-state index in [0.717, 1.165) is 35.5 Å². The average Bonchev–Trinajstić information content (AvgIpc) is 3.54. The van der Waals surface area contributed by atoms with Gasteiger partial charge in [0.25, 0.3) is 5.56 Å². The molecular formula is C30H34N6O3. The summed E-state index contributed by atoms with van der Waals surface area (Å²) in [5, 5.41) is 19.3. The van der Waals surface area contributed by atoms with Gasteiger partial charge in [0, 0.05) is 44.4 Å². The third-order valence-electron chi connectivity index (χ3n) is 8.27. The Hall–Kier alpha value is -3.98. The van der Waals surface area contributed by atoms with Crippen LogP contribution in [0.5, 0.6) is 0 Å². The zero-order valence-electron chi connectivity index (χ0n) is 22.4. The van der Waals surface area contributed by atoms with Crippen LogP contribution in [0.15, 0.2) is 59.7 Å². The molecule has 39 heavy (non-hydrogen) atoms. The lowest BCUT2D eigenvalue weighted by atomic mass is 9.90. The summed E-state index contributed by atoms with van der Waals surface area (Å²) in [4.78, 5) is 32.8. The number of carbonyl (C=O) groups is 1. The maximum Gasteiger partial charge on any atom is 0.281 e. The van der Waals surface area contributed by atoms with E-state index in [9.17, 15) is 14.7 Å². The number of carbonyl (C=O) groups excluding carboxylic acids is 1. The number of aliphatic hydroxyl groups is 1. The van der Waals surface area contributed by atoms with E-state index in [1.807, 2.05) is 48.3 Å². The van der Waals surface area contributed by atoms with Crippen molar-refractivity contribution in [3.8, 4) is 11.3 Å². The summed E-state index contributed by atoms with van der Waals surface area (Å²) >= 11 is 0. The quantitative estimate of drug-likeness (QED) is 0.399. The van der Waals surface area contributed by atoms with Crippen LogP contribution < -0.4 is 10.9 Å². The maximum absolute atomic E-state index is 13.4. The minimum atomic E-state index is -1.09. The smallest absolute Gasteiger partial charge is 0.281 e. The summed E-state index contributed by atoms with van der Waals surface area (Å²) in [6, 6.07) is 16.3. The van der Waals surface area contributed by atoms with Crippen LogP contribution in [0.3, 0.4) is 0 Å². The van der Waals surface area contributed by atoms with Gasteiger partial charge >= 0.3 is 0 Å². The first kappa shape index (κ1) is 25.3. The summed E-state index contributed by atoms with van der Waals surface area (Å²) in [6.45, 7) is 4.03. The number of likely N-dealkylation sites (tertiary alicyclic amines) is 1. The lowest BCUT2D eigenvalue weighted by molar-refractivity contribution is -0.136. The second-order valence-electron chi connectivity index (χ2n) is 11.0. The van der Waals surface area contributed by atoms with Crippen molar-refractivity contribution in [1.82, 2.24) is 24.2 Å². The first-order valence-electron chi connectivity index (χ1n) is 13.7. The van der Waals surface area contributed by atoms with Crippen LogP contribution in [0, 0.1) is 0 Å². The first-order chi connectivity index (χ1) is 18.8. The molecule has 0 saturated carbocycles. The standard InChI is InChI=1S/C30H34N6O3/c1-20(21-6-4-3-5-7-21)16-25(37)35-14-11-30(39,12-15-35)18-36-19-32-26-27(29(36)38)33-34(2)28(26)23-9-8-22-10-13-31-24(22)17-23/h3-9,17,19-20,31,39H,10-16,18H2,1-2H3/t20-/m1/s1. The predicted octanol–water partition coefficient (Wildman–Crippen LogP) is 3.31. The molecular weight excluding hydrogens is 492 g/mol. The number of hydrogen-bond donors (Lipinski definition) is 2. The molecule has 0 unspecified atom stereocenters. The summed E-state index contributed by atoms with van der Waals surface area (Å²) in [5.41, 5.74) is 4.76. The second-order valence-corrected chi connectivity index (χ2v) is 11.0. The molecule has 2 aliphatic rings. The van der Waals surface area contributed by atoms with E-state index in [1.165, 1.54) is 16.5 Å². The van der Waals surface area contributed by atoms with E-state index in [4.69, 9.17) is 0 Å². The normalized spacial score (nSPS) is 17.2. The van der Waals surface area contributed by atoms with E-state index in [0.29, 0.717) is 37.9 Å². The molecule has 6 rings (SSSR count). The van der Waals surface area contributed by atoms with Gasteiger partial charge in [0.1, 0.15) is 5.52 Å². The molecule has 1 atom stereocenters. The molecule has 4 heterocycles. The Bertz CT molecular complexity index is 1580. The SMILES string of the molecule is C[C@H](CC(=O)N1CCC(O)(Cn2cnc3c(-c4ccc5c(c4)NCC5)n(C)nc3c2=O)CC1)c1ccccc1. The fourth-order valence-electron chi connectivity index (χ4n) is 5.91. The molecule has 0 radical (unpaired) electrons. The molecule has 0 aliphatic carbocycles. The van der Waals surface area contributed by atoms with Crippen LogP contribution in [0.2, 0.25) is 0 Å². The van der Waals surface area contributed by atoms with Gasteiger partial charge in [-0.15, -0.1) is 0 Å². The highest BCUT2D eigenvalue weighted by Crippen LogP contribution is 2.32. The van der Waals surface area contributed by atoms with Crippen LogP contribution in [-0.2, 0) is 24.8 Å². The van der Waals surface area contributed by atoms with Crippen LogP contribution in [0.25, 0.3) is 22.3 Å². The Kier molecular flexibility index (Phi) is 6.46. The van der Waals surface area contributed by atoms with Gasteiger partial charge in [-0.25, -0.2) is 4.98 Å². The molecule has 0 spiro atoms. The van der Waals surface area contributed by atoms with Gasteiger partial charge in [0.05, 0.1) is 24.2 Å². The van der Waals surface area contributed by atoms with Gasteiger partial charge in [-0.1, -0.05) is 49.4 Å². The lowest BCUT2D eigenvalue weighted by Crippen LogP contribution is -2.49. The minimum Gasteiger partial charge on any atom is -0.388 e. The van der Waals surface area contributed by atoms with Gasteiger partial charge in [-0.05, 0) is 42.4 Å². The van der Waals surface area contributed by atoms with Gasteiger partial charge in [-0.3, -0.25) is 18.8 Å². The van der Waals surface area contributed by atoms with Gasteiger partial charge in [0.2, 0.25) is 5.91 Å². The van der Waals surface area contributed by atoms with E-state index in [2.05, 4.69) is 34.5 Å². The van der Waals surface area contributed by atoms with E-state index in [1.54, 1.807) is 4.68 Å². The Labute approximate surface area is 227 Å². The number of piperidine rings is 1. The molecule has 9 heteroatoms. The zero-order valence-corrected chi connectivity index (χ0v) is 22.4. The number of aryl methyl sites for hydroxylation is 1. The Morgan fingerprint density at radius 1 is 1.13 bits per heavy atom. The third kappa shape index (κ3) is 4.83. The number of hydrogen-bond acceptors (Lipinski definition) is 6. The van der Waals surface area contributed by atoms with Crippen molar-refractivity contribution in [2.45, 2.75) is 50.7 Å². The van der Waals surface area contributed by atoms with Gasteiger partial charge in [-0.2, -0.15) is 5.10 Å². The van der Waals surface area contributed by atoms with Crippen molar-refractivity contribution in [3.05, 3.63) is 76.3 Å². The van der Waals surface area contributed by atoms with Crippen LogP contribution in [0.4, 0.5) is 5.69 Å². The third-order valence-corrected chi connectivity index (χ3v) is 8.27. The molecule has 2 aromatic heterocycles. The van der Waals surface area contributed by atoms with E-state index in [-0.39, 0.29) is 29.4 Å². The Balaban J connectivity index is 1.16. The van der Waals surface area contributed by atoms with Crippen LogP contribution >= 0.6 is 0 Å². The largest absolute Gasteiger partial charge is 0.388 e. The summed E-state index contributed by atoms with van der Waals surface area (Å²) in [7, 11) is 1.82. The fourth-order valence-corrected chi connectivity index (χ4v) is 5.91. The number of benzene rings is 2. The maximum atomic E-state index is 13.4. The average molecular weight is 527 g/mol. The number of nitrogens with zero attached hydrogens (tertiary/aromatic N) is 5. The second kappa shape index (κ2) is 9.96. The van der Waals surface area contributed by atoms with E-state index < -0.39 is 5.60 Å².